The Balaban J connectivity index is 1.38. The highest BCUT2D eigenvalue weighted by Gasteiger charge is 2.31. The molecule has 0 radical (unpaired) electrons. The number of carbonyl (C=O) groups is 1. The van der Waals surface area contributed by atoms with E-state index >= 15 is 0 Å². The number of H-pyrrole nitrogens is 1. The van der Waals surface area contributed by atoms with Crippen LogP contribution >= 0.6 is 0 Å². The summed E-state index contributed by atoms with van der Waals surface area (Å²) in [4.78, 5) is 16.3. The topological polar surface area (TPSA) is 128 Å². The molecule has 1 amide bonds. The molecule has 11 heteroatoms. The van der Waals surface area contributed by atoms with Crippen LogP contribution in [-0.2, 0) is 20.8 Å². The lowest BCUT2D eigenvalue weighted by molar-refractivity contribution is 0.0679. The zero-order valence-corrected chi connectivity index (χ0v) is 17.8. The molecule has 1 fully saturated rings. The van der Waals surface area contributed by atoms with Crippen LogP contribution in [0.1, 0.15) is 44.2 Å². The van der Waals surface area contributed by atoms with Gasteiger partial charge in [-0.25, -0.2) is 14.3 Å². The van der Waals surface area contributed by atoms with E-state index in [0.29, 0.717) is 31.3 Å². The number of hydrogen-bond donors (Lipinski definition) is 3. The van der Waals surface area contributed by atoms with Gasteiger partial charge in [0.05, 0.1) is 24.6 Å². The standard InChI is InChI=1S/C20H27N7O4/c1-4-12(2)22-20(28)31-14-8-17(30-11-14)15-9-18(25-24-15)23-19-16-7-13(10-29-3)26-27(16)6-5-21-19/h5-7,9,12,14,17H,4,8,10-11H2,1-3H3,(H,22,28)(H2,21,23,24,25)/t12-,14?,17?/m0/s1. The van der Waals surface area contributed by atoms with E-state index in [1.807, 2.05) is 26.0 Å². The number of rotatable bonds is 8. The summed E-state index contributed by atoms with van der Waals surface area (Å²) in [5.74, 6) is 1.23. The van der Waals surface area contributed by atoms with Crippen molar-refractivity contribution in [1.82, 2.24) is 30.1 Å². The summed E-state index contributed by atoms with van der Waals surface area (Å²) < 4.78 is 18.1. The van der Waals surface area contributed by atoms with Crippen LogP contribution < -0.4 is 10.6 Å². The minimum Gasteiger partial charge on any atom is -0.444 e. The molecule has 1 aliphatic rings. The predicted molar refractivity (Wildman–Crippen MR) is 112 cm³/mol. The number of hydrogen-bond acceptors (Lipinski definition) is 8. The van der Waals surface area contributed by atoms with Gasteiger partial charge in [-0.3, -0.25) is 5.10 Å². The Morgan fingerprint density at radius 2 is 2.32 bits per heavy atom. The third kappa shape index (κ3) is 4.94. The van der Waals surface area contributed by atoms with Crippen molar-refractivity contribution in [1.29, 1.82) is 0 Å². The number of ether oxygens (including phenoxy) is 3. The highest BCUT2D eigenvalue weighted by Crippen LogP contribution is 2.31. The SMILES string of the molecule is CC[C@H](C)NC(=O)OC1COC(c2cc(Nc3nccn4nc(COC)cc34)n[nH]2)C1. The van der Waals surface area contributed by atoms with Gasteiger partial charge in [0, 0.05) is 38.0 Å². The number of aromatic nitrogens is 5. The second-order valence-electron chi connectivity index (χ2n) is 7.55. The highest BCUT2D eigenvalue weighted by atomic mass is 16.6. The molecule has 1 aliphatic heterocycles. The minimum atomic E-state index is -0.414. The zero-order valence-electron chi connectivity index (χ0n) is 17.8. The van der Waals surface area contributed by atoms with E-state index in [9.17, 15) is 4.79 Å². The van der Waals surface area contributed by atoms with E-state index in [1.165, 1.54) is 0 Å². The second kappa shape index (κ2) is 9.31. The van der Waals surface area contributed by atoms with Crippen LogP contribution in [0.15, 0.2) is 24.5 Å². The molecule has 31 heavy (non-hydrogen) atoms. The van der Waals surface area contributed by atoms with Crippen LogP contribution in [-0.4, -0.2) is 56.8 Å². The number of alkyl carbamates (subject to hydrolysis) is 1. The third-order valence-electron chi connectivity index (χ3n) is 5.13. The van der Waals surface area contributed by atoms with Crippen molar-refractivity contribution < 1.29 is 19.0 Å². The molecule has 2 unspecified atom stereocenters. The van der Waals surface area contributed by atoms with E-state index in [1.54, 1.807) is 24.0 Å². The van der Waals surface area contributed by atoms with E-state index < -0.39 is 6.09 Å². The zero-order chi connectivity index (χ0) is 21.8. The number of nitrogens with one attached hydrogen (secondary N) is 3. The Bertz CT molecular complexity index is 1030. The van der Waals surface area contributed by atoms with Crippen LogP contribution in [0.5, 0.6) is 0 Å². The van der Waals surface area contributed by atoms with Gasteiger partial charge in [-0.1, -0.05) is 6.92 Å². The molecule has 4 heterocycles. The predicted octanol–water partition coefficient (Wildman–Crippen LogP) is 2.70. The summed E-state index contributed by atoms with van der Waals surface area (Å²) in [5.41, 5.74) is 2.43. The highest BCUT2D eigenvalue weighted by molar-refractivity contribution is 5.72. The van der Waals surface area contributed by atoms with Gasteiger partial charge in [0.25, 0.3) is 0 Å². The smallest absolute Gasteiger partial charge is 0.407 e. The number of methoxy groups -OCH3 is 1. The molecule has 11 nitrogen and oxygen atoms in total. The number of carbonyl (C=O) groups excluding carboxylic acids is 1. The molecule has 3 aromatic rings. The molecular weight excluding hydrogens is 402 g/mol. The Kier molecular flexibility index (Phi) is 6.33. The van der Waals surface area contributed by atoms with Gasteiger partial charge in [-0.2, -0.15) is 10.2 Å². The fraction of sp³-hybridized carbons (Fsp3) is 0.500. The lowest BCUT2D eigenvalue weighted by Crippen LogP contribution is -2.35. The van der Waals surface area contributed by atoms with Gasteiger partial charge in [0.1, 0.15) is 17.7 Å². The van der Waals surface area contributed by atoms with E-state index in [4.69, 9.17) is 14.2 Å². The molecule has 3 N–H and O–H groups in total. The minimum absolute atomic E-state index is 0.0753. The van der Waals surface area contributed by atoms with Crippen LogP contribution in [0.4, 0.5) is 16.4 Å². The molecule has 0 saturated carbocycles. The van der Waals surface area contributed by atoms with Gasteiger partial charge in [-0.05, 0) is 19.4 Å². The Hall–Kier alpha value is -3.18. The quantitative estimate of drug-likeness (QED) is 0.499. The van der Waals surface area contributed by atoms with Crippen LogP contribution in [0.2, 0.25) is 0 Å². The molecular formula is C20H27N7O4. The van der Waals surface area contributed by atoms with Crippen molar-refractivity contribution in [3.05, 3.63) is 35.9 Å². The van der Waals surface area contributed by atoms with E-state index in [-0.39, 0.29) is 18.2 Å². The molecule has 3 aromatic heterocycles. The van der Waals surface area contributed by atoms with Crippen molar-refractivity contribution >= 4 is 23.2 Å². The first-order chi connectivity index (χ1) is 15.1. The summed E-state index contributed by atoms with van der Waals surface area (Å²) in [7, 11) is 1.63. The van der Waals surface area contributed by atoms with Gasteiger partial charge in [0.2, 0.25) is 0 Å². The number of fused-ring (bicyclic) bond motifs is 1. The van der Waals surface area contributed by atoms with Crippen LogP contribution in [0.3, 0.4) is 0 Å². The van der Waals surface area contributed by atoms with Crippen molar-refractivity contribution in [2.45, 2.75) is 51.5 Å². The summed E-state index contributed by atoms with van der Waals surface area (Å²) in [6.45, 7) is 4.71. The van der Waals surface area contributed by atoms with Gasteiger partial charge < -0.3 is 24.8 Å². The number of amides is 1. The third-order valence-corrected chi connectivity index (χ3v) is 5.13. The van der Waals surface area contributed by atoms with Gasteiger partial charge in [0.15, 0.2) is 11.6 Å². The van der Waals surface area contributed by atoms with Gasteiger partial charge in [-0.15, -0.1) is 0 Å². The average molecular weight is 429 g/mol. The number of anilines is 2. The van der Waals surface area contributed by atoms with Crippen molar-refractivity contribution in [3.8, 4) is 0 Å². The molecule has 3 atom stereocenters. The maximum atomic E-state index is 11.9. The lowest BCUT2D eigenvalue weighted by Gasteiger charge is -2.14. The van der Waals surface area contributed by atoms with Crippen LogP contribution in [0, 0.1) is 0 Å². The van der Waals surface area contributed by atoms with Crippen LogP contribution in [0.25, 0.3) is 5.52 Å². The molecule has 0 aromatic carbocycles. The van der Waals surface area contributed by atoms with Crippen molar-refractivity contribution in [2.24, 2.45) is 0 Å². The first-order valence-electron chi connectivity index (χ1n) is 10.3. The fourth-order valence-electron chi connectivity index (χ4n) is 3.36. The first kappa shape index (κ1) is 21.1. The first-order valence-corrected chi connectivity index (χ1v) is 10.3. The molecule has 166 valence electrons. The fourth-order valence-corrected chi connectivity index (χ4v) is 3.36. The number of aromatic amines is 1. The maximum absolute atomic E-state index is 11.9. The lowest BCUT2D eigenvalue weighted by atomic mass is 10.1. The Morgan fingerprint density at radius 3 is 3.13 bits per heavy atom. The monoisotopic (exact) mass is 429 g/mol. The molecule has 0 aliphatic carbocycles. The summed E-state index contributed by atoms with van der Waals surface area (Å²) >= 11 is 0. The number of nitrogens with zero attached hydrogens (tertiary/aromatic N) is 4. The summed E-state index contributed by atoms with van der Waals surface area (Å²) in [5, 5.41) is 17.8. The molecule has 1 saturated heterocycles. The van der Waals surface area contributed by atoms with Gasteiger partial charge >= 0.3 is 6.09 Å². The Labute approximate surface area is 179 Å². The van der Waals surface area contributed by atoms with E-state index in [0.717, 1.165) is 23.3 Å². The molecule has 0 spiro atoms. The molecule has 0 bridgehead atoms. The maximum Gasteiger partial charge on any atom is 0.407 e. The summed E-state index contributed by atoms with van der Waals surface area (Å²) in [6.07, 6.45) is 3.92. The normalized spacial score (nSPS) is 19.5. The molecule has 4 rings (SSSR count). The Morgan fingerprint density at radius 1 is 1.45 bits per heavy atom. The second-order valence-corrected chi connectivity index (χ2v) is 7.55. The summed E-state index contributed by atoms with van der Waals surface area (Å²) in [6, 6.07) is 3.86. The van der Waals surface area contributed by atoms with E-state index in [2.05, 4.69) is 30.9 Å². The largest absolute Gasteiger partial charge is 0.444 e. The van der Waals surface area contributed by atoms with Crippen molar-refractivity contribution in [3.63, 3.8) is 0 Å². The van der Waals surface area contributed by atoms with Crippen molar-refractivity contribution in [2.75, 3.05) is 19.0 Å². The average Bonchev–Trinajstić information content (AvgIpc) is 3.48.